The lowest BCUT2D eigenvalue weighted by Gasteiger charge is -2.07. The van der Waals surface area contributed by atoms with E-state index in [0.717, 1.165) is 25.7 Å². The van der Waals surface area contributed by atoms with Crippen LogP contribution in [0.5, 0.6) is 0 Å². The standard InChI is InChI=1S/C31H59FO2/c1-4-6-8-10-12-14-15-16-17-18-19-20-21-23-25-27-30(32)29(3)31(33)34-28-26-24-22-13-11-9-7-5-2/h4-28H2,1-3H3. The molecule has 0 heterocycles. The monoisotopic (exact) mass is 482 g/mol. The number of rotatable bonds is 26. The third kappa shape index (κ3) is 22.9. The van der Waals surface area contributed by atoms with Crippen molar-refractivity contribution >= 4 is 5.97 Å². The minimum atomic E-state index is -0.471. The van der Waals surface area contributed by atoms with Gasteiger partial charge in [-0.05, 0) is 26.2 Å². The number of allylic oxidation sites excluding steroid dienone is 1. The number of hydrogen-bond donors (Lipinski definition) is 0. The number of carbonyl (C=O) groups excluding carboxylic acids is 1. The first kappa shape index (κ1) is 33.1. The maximum Gasteiger partial charge on any atom is 0.336 e. The molecule has 34 heavy (non-hydrogen) atoms. The van der Waals surface area contributed by atoms with E-state index in [9.17, 15) is 9.18 Å². The molecule has 0 aliphatic rings. The molecule has 0 radical (unpaired) electrons. The van der Waals surface area contributed by atoms with Crippen molar-refractivity contribution in [2.75, 3.05) is 6.61 Å². The summed E-state index contributed by atoms with van der Waals surface area (Å²) in [4.78, 5) is 12.0. The molecule has 0 atom stereocenters. The quantitative estimate of drug-likeness (QED) is 0.0696. The van der Waals surface area contributed by atoms with E-state index in [1.807, 2.05) is 0 Å². The Morgan fingerprint density at radius 2 is 0.853 bits per heavy atom. The Kier molecular flexibility index (Phi) is 26.1. The van der Waals surface area contributed by atoms with Gasteiger partial charge >= 0.3 is 5.97 Å². The largest absolute Gasteiger partial charge is 0.462 e. The van der Waals surface area contributed by atoms with Gasteiger partial charge in [-0.1, -0.05) is 149 Å². The molecule has 0 aliphatic carbocycles. The van der Waals surface area contributed by atoms with Crippen molar-refractivity contribution in [1.82, 2.24) is 0 Å². The van der Waals surface area contributed by atoms with E-state index < -0.39 is 5.97 Å². The summed E-state index contributed by atoms with van der Waals surface area (Å²) in [5, 5.41) is 0. The predicted octanol–water partition coefficient (Wildman–Crippen LogP) is 11.2. The Hall–Kier alpha value is -0.860. The molecule has 0 rings (SSSR count). The fourth-order valence-electron chi connectivity index (χ4n) is 4.46. The highest BCUT2D eigenvalue weighted by molar-refractivity contribution is 5.88. The van der Waals surface area contributed by atoms with E-state index in [4.69, 9.17) is 4.74 Å². The second-order valence-electron chi connectivity index (χ2n) is 10.3. The third-order valence-corrected chi connectivity index (χ3v) is 6.94. The fraction of sp³-hybridized carbons (Fsp3) is 0.903. The summed E-state index contributed by atoms with van der Waals surface area (Å²) in [7, 11) is 0. The van der Waals surface area contributed by atoms with Gasteiger partial charge < -0.3 is 4.74 Å². The summed E-state index contributed by atoms with van der Waals surface area (Å²) in [5.41, 5.74) is 0.171. The van der Waals surface area contributed by atoms with Crippen molar-refractivity contribution in [3.8, 4) is 0 Å². The molecule has 0 aromatic carbocycles. The molecule has 0 spiro atoms. The molecular weight excluding hydrogens is 423 g/mol. The summed E-state index contributed by atoms with van der Waals surface area (Å²) in [6.07, 6.45) is 29.5. The lowest BCUT2D eigenvalue weighted by Crippen LogP contribution is -2.08. The molecular formula is C31H59FO2. The lowest BCUT2D eigenvalue weighted by molar-refractivity contribution is -0.139. The lowest BCUT2D eigenvalue weighted by atomic mass is 10.0. The Morgan fingerprint density at radius 3 is 1.24 bits per heavy atom. The SMILES string of the molecule is CCCCCCCCCCCCCCCCCC(F)=C(C)C(=O)OCCCCCCCCCC. The van der Waals surface area contributed by atoms with Gasteiger partial charge in [0.1, 0.15) is 5.83 Å². The Balaban J connectivity index is 3.52. The van der Waals surface area contributed by atoms with Gasteiger partial charge in [0.05, 0.1) is 12.2 Å². The molecule has 0 saturated heterocycles. The Bertz CT molecular complexity index is 472. The molecule has 0 N–H and O–H groups in total. The van der Waals surface area contributed by atoms with E-state index in [1.54, 1.807) is 6.92 Å². The summed E-state index contributed by atoms with van der Waals surface area (Å²) in [6, 6.07) is 0. The van der Waals surface area contributed by atoms with Gasteiger partial charge in [0, 0.05) is 0 Å². The molecule has 0 bridgehead atoms. The van der Waals surface area contributed by atoms with Crippen LogP contribution in [0.25, 0.3) is 0 Å². The molecule has 0 fully saturated rings. The number of esters is 1. The summed E-state index contributed by atoms with van der Waals surface area (Å²) >= 11 is 0. The van der Waals surface area contributed by atoms with Crippen molar-refractivity contribution < 1.29 is 13.9 Å². The average Bonchev–Trinajstić information content (AvgIpc) is 2.84. The molecule has 0 saturated carbocycles. The topological polar surface area (TPSA) is 26.3 Å². The van der Waals surface area contributed by atoms with Gasteiger partial charge in [-0.3, -0.25) is 0 Å². The van der Waals surface area contributed by atoms with Crippen molar-refractivity contribution in [3.63, 3.8) is 0 Å². The van der Waals surface area contributed by atoms with Gasteiger partial charge in [0.2, 0.25) is 0 Å². The van der Waals surface area contributed by atoms with Crippen LogP contribution in [0, 0.1) is 0 Å². The number of carbonyl (C=O) groups is 1. The van der Waals surface area contributed by atoms with E-state index in [-0.39, 0.29) is 11.4 Å². The minimum absolute atomic E-state index is 0.171. The first-order valence-electron chi connectivity index (χ1n) is 15.2. The smallest absolute Gasteiger partial charge is 0.336 e. The highest BCUT2D eigenvalue weighted by atomic mass is 19.1. The average molecular weight is 483 g/mol. The van der Waals surface area contributed by atoms with Gasteiger partial charge in [0.25, 0.3) is 0 Å². The number of ether oxygens (including phenoxy) is 1. The van der Waals surface area contributed by atoms with E-state index in [0.29, 0.717) is 13.0 Å². The first-order valence-corrected chi connectivity index (χ1v) is 15.2. The zero-order valence-corrected chi connectivity index (χ0v) is 23.4. The molecule has 0 aliphatic heterocycles. The van der Waals surface area contributed by atoms with Crippen LogP contribution in [0.15, 0.2) is 11.4 Å². The van der Waals surface area contributed by atoms with Crippen molar-refractivity contribution in [1.29, 1.82) is 0 Å². The van der Waals surface area contributed by atoms with Crippen LogP contribution in [-0.4, -0.2) is 12.6 Å². The fourth-order valence-corrected chi connectivity index (χ4v) is 4.46. The van der Waals surface area contributed by atoms with Crippen LogP contribution in [-0.2, 0) is 9.53 Å². The van der Waals surface area contributed by atoms with Crippen LogP contribution in [0.4, 0.5) is 4.39 Å². The van der Waals surface area contributed by atoms with Gasteiger partial charge in [0.15, 0.2) is 0 Å². The minimum Gasteiger partial charge on any atom is -0.462 e. The molecule has 0 aromatic heterocycles. The summed E-state index contributed by atoms with van der Waals surface area (Å²) < 4.78 is 19.5. The van der Waals surface area contributed by atoms with Crippen LogP contribution in [0.3, 0.4) is 0 Å². The van der Waals surface area contributed by atoms with Crippen molar-refractivity contribution in [2.24, 2.45) is 0 Å². The second-order valence-corrected chi connectivity index (χ2v) is 10.3. The first-order chi connectivity index (χ1) is 16.6. The summed E-state index contributed by atoms with van der Waals surface area (Å²) in [6.45, 7) is 6.48. The van der Waals surface area contributed by atoms with E-state index in [1.165, 1.54) is 122 Å². The van der Waals surface area contributed by atoms with Crippen LogP contribution in [0.2, 0.25) is 0 Å². The Labute approximate surface area is 212 Å². The molecule has 0 unspecified atom stereocenters. The maximum atomic E-state index is 14.3. The van der Waals surface area contributed by atoms with Crippen molar-refractivity contribution in [2.45, 2.75) is 175 Å². The molecule has 0 aromatic rings. The number of halogens is 1. The van der Waals surface area contributed by atoms with E-state index >= 15 is 0 Å². The highest BCUT2D eigenvalue weighted by Crippen LogP contribution is 2.18. The molecule has 2 nitrogen and oxygen atoms in total. The summed E-state index contributed by atoms with van der Waals surface area (Å²) in [5.74, 6) is -0.753. The maximum absolute atomic E-state index is 14.3. The van der Waals surface area contributed by atoms with Gasteiger partial charge in [-0.2, -0.15) is 0 Å². The van der Waals surface area contributed by atoms with Crippen LogP contribution < -0.4 is 0 Å². The Morgan fingerprint density at radius 1 is 0.529 bits per heavy atom. The van der Waals surface area contributed by atoms with Gasteiger partial charge in [-0.15, -0.1) is 0 Å². The van der Waals surface area contributed by atoms with Crippen LogP contribution in [0.1, 0.15) is 175 Å². The number of unbranched alkanes of at least 4 members (excludes halogenated alkanes) is 21. The zero-order chi connectivity index (χ0) is 25.1. The highest BCUT2D eigenvalue weighted by Gasteiger charge is 2.12. The second kappa shape index (κ2) is 26.7. The molecule has 202 valence electrons. The molecule has 3 heteroatoms. The van der Waals surface area contributed by atoms with Crippen LogP contribution >= 0.6 is 0 Å². The normalized spacial score (nSPS) is 12.1. The zero-order valence-electron chi connectivity index (χ0n) is 23.4. The predicted molar refractivity (Wildman–Crippen MR) is 147 cm³/mol. The van der Waals surface area contributed by atoms with E-state index in [2.05, 4.69) is 13.8 Å². The molecule has 0 amide bonds. The third-order valence-electron chi connectivity index (χ3n) is 6.94. The van der Waals surface area contributed by atoms with Gasteiger partial charge in [-0.25, -0.2) is 9.18 Å². The van der Waals surface area contributed by atoms with Crippen molar-refractivity contribution in [3.05, 3.63) is 11.4 Å². The number of hydrogen-bond acceptors (Lipinski definition) is 2.